The van der Waals surface area contributed by atoms with Crippen molar-refractivity contribution in [2.24, 2.45) is 5.92 Å². The van der Waals surface area contributed by atoms with Crippen LogP contribution in [0.3, 0.4) is 0 Å². The molecule has 2 heterocycles. The molecular formula is C24H24FN3O5S. The minimum Gasteiger partial charge on any atom is -0.493 e. The molecule has 2 aliphatic heterocycles. The van der Waals surface area contributed by atoms with Gasteiger partial charge in [0.15, 0.2) is 5.82 Å². The minimum atomic E-state index is -4.24. The molecule has 2 fully saturated rings. The maximum absolute atomic E-state index is 15.9. The van der Waals surface area contributed by atoms with Gasteiger partial charge in [-0.2, -0.15) is 8.42 Å². The fourth-order valence-corrected chi connectivity index (χ4v) is 5.34. The van der Waals surface area contributed by atoms with Crippen LogP contribution >= 0.6 is 0 Å². The maximum atomic E-state index is 15.9. The second kappa shape index (κ2) is 9.11. The Labute approximate surface area is 196 Å². The van der Waals surface area contributed by atoms with E-state index in [2.05, 4.69) is 5.32 Å². The molecule has 2 N–H and O–H groups in total. The molecule has 1 amide bonds. The second-order valence-electron chi connectivity index (χ2n) is 8.40. The van der Waals surface area contributed by atoms with E-state index in [1.165, 1.54) is 0 Å². The van der Waals surface area contributed by atoms with Crippen molar-refractivity contribution >= 4 is 32.6 Å². The average Bonchev–Trinajstić information content (AvgIpc) is 3.44. The zero-order valence-electron chi connectivity index (χ0n) is 18.3. The molecule has 0 aromatic heterocycles. The number of hydrogen-bond acceptors (Lipinski definition) is 6. The van der Waals surface area contributed by atoms with Crippen LogP contribution in [-0.2, 0) is 21.6 Å². The van der Waals surface area contributed by atoms with E-state index in [0.29, 0.717) is 28.0 Å². The third-order valence-electron chi connectivity index (χ3n) is 5.94. The van der Waals surface area contributed by atoms with Crippen LogP contribution in [0.25, 0.3) is 10.8 Å². The van der Waals surface area contributed by atoms with E-state index >= 15 is 4.39 Å². The number of hydrogen-bond donors (Lipinski definition) is 2. The molecule has 2 saturated heterocycles. The summed E-state index contributed by atoms with van der Waals surface area (Å²) in [7, 11) is -4.24. The van der Waals surface area contributed by atoms with Crippen molar-refractivity contribution < 1.29 is 27.1 Å². The summed E-state index contributed by atoms with van der Waals surface area (Å²) in [5.74, 6) is -0.638. The Hall–Kier alpha value is -3.37. The van der Waals surface area contributed by atoms with Gasteiger partial charge in [0.1, 0.15) is 30.3 Å². The first-order valence-corrected chi connectivity index (χ1v) is 12.4. The lowest BCUT2D eigenvalue weighted by molar-refractivity contribution is -0.117. The highest BCUT2D eigenvalue weighted by Crippen LogP contribution is 2.40. The molecule has 0 radical (unpaired) electrons. The number of carbonyl (C=O) groups is 1. The molecular weight excluding hydrogens is 461 g/mol. The normalized spacial score (nSPS) is 19.4. The smallest absolute Gasteiger partial charge is 0.326 e. The summed E-state index contributed by atoms with van der Waals surface area (Å²) >= 11 is 0. The summed E-state index contributed by atoms with van der Waals surface area (Å²) in [4.78, 5) is 11.9. The van der Waals surface area contributed by atoms with E-state index in [1.54, 1.807) is 24.3 Å². The number of rotatable bonds is 7. The number of fused-ring (bicyclic) bond motifs is 1. The standard InChI is InChI=1S/C24H24FN3O5S/c25-23-20-11-19(32-15-17-8-9-26-12-17)7-6-18(20)10-21(33-14-16-4-2-1-3-5-16)24(23)28-13-22(29)27-34(28,30)31/h1-7,10-11,17,26H,8-9,12-15H2,(H,27,29)/t17-/m1/s1. The van der Waals surface area contributed by atoms with Gasteiger partial charge >= 0.3 is 10.2 Å². The third kappa shape index (κ3) is 4.51. The van der Waals surface area contributed by atoms with Gasteiger partial charge in [0.25, 0.3) is 5.91 Å². The lowest BCUT2D eigenvalue weighted by Gasteiger charge is -2.21. The van der Waals surface area contributed by atoms with Gasteiger partial charge in [0.05, 0.1) is 6.61 Å². The highest BCUT2D eigenvalue weighted by molar-refractivity contribution is 7.92. The molecule has 34 heavy (non-hydrogen) atoms. The van der Waals surface area contributed by atoms with Gasteiger partial charge < -0.3 is 14.8 Å². The van der Waals surface area contributed by atoms with Gasteiger partial charge in [-0.15, -0.1) is 0 Å². The minimum absolute atomic E-state index is 0.0274. The predicted molar refractivity (Wildman–Crippen MR) is 126 cm³/mol. The Balaban J connectivity index is 1.53. The molecule has 178 valence electrons. The molecule has 2 aliphatic rings. The molecule has 3 aromatic carbocycles. The number of carbonyl (C=O) groups excluding carboxylic acids is 1. The van der Waals surface area contributed by atoms with E-state index in [-0.39, 0.29) is 23.4 Å². The number of halogens is 1. The van der Waals surface area contributed by atoms with Crippen molar-refractivity contribution in [3.05, 3.63) is 66.0 Å². The first kappa shape index (κ1) is 22.4. The number of ether oxygens (including phenoxy) is 2. The summed E-state index contributed by atoms with van der Waals surface area (Å²) in [6.07, 6.45) is 1.02. The SMILES string of the molecule is O=C1CN(c2c(OCc3ccccc3)cc3ccc(OC[C@@H]4CCNC4)cc3c2F)S(=O)(=O)N1. The van der Waals surface area contributed by atoms with Crippen molar-refractivity contribution in [2.75, 3.05) is 30.5 Å². The molecule has 3 aromatic rings. The lowest BCUT2D eigenvalue weighted by atomic mass is 10.1. The van der Waals surface area contributed by atoms with Crippen molar-refractivity contribution in [2.45, 2.75) is 13.0 Å². The van der Waals surface area contributed by atoms with E-state index in [4.69, 9.17) is 9.47 Å². The second-order valence-corrected chi connectivity index (χ2v) is 10.00. The van der Waals surface area contributed by atoms with Gasteiger partial charge in [0, 0.05) is 17.8 Å². The molecule has 8 nitrogen and oxygen atoms in total. The van der Waals surface area contributed by atoms with Crippen LogP contribution in [0.4, 0.5) is 10.1 Å². The number of amides is 1. The quantitative estimate of drug-likeness (QED) is 0.534. The number of anilines is 1. The summed E-state index contributed by atoms with van der Waals surface area (Å²) in [5, 5.41) is 3.98. The van der Waals surface area contributed by atoms with Crippen molar-refractivity contribution in [1.82, 2.24) is 10.0 Å². The summed E-state index contributed by atoms with van der Waals surface area (Å²) in [6, 6.07) is 15.8. The third-order valence-corrected chi connectivity index (χ3v) is 7.32. The predicted octanol–water partition coefficient (Wildman–Crippen LogP) is 2.73. The Morgan fingerprint density at radius 3 is 2.62 bits per heavy atom. The monoisotopic (exact) mass is 485 g/mol. The fourth-order valence-electron chi connectivity index (χ4n) is 4.18. The van der Waals surface area contributed by atoms with E-state index in [1.807, 2.05) is 35.1 Å². The molecule has 5 rings (SSSR count). The van der Waals surface area contributed by atoms with Crippen LogP contribution in [-0.4, -0.2) is 40.6 Å². The van der Waals surface area contributed by atoms with Gasteiger partial charge in [-0.05, 0) is 42.1 Å². The van der Waals surface area contributed by atoms with E-state index in [0.717, 1.165) is 25.1 Å². The molecule has 0 aliphatic carbocycles. The number of nitrogens with one attached hydrogen (secondary N) is 2. The topological polar surface area (TPSA) is 97.0 Å². The van der Waals surface area contributed by atoms with Crippen molar-refractivity contribution in [3.8, 4) is 11.5 Å². The zero-order chi connectivity index (χ0) is 23.7. The maximum Gasteiger partial charge on any atom is 0.326 e. The van der Waals surface area contributed by atoms with Crippen LogP contribution in [0.15, 0.2) is 54.6 Å². The first-order valence-electron chi connectivity index (χ1n) is 11.0. The van der Waals surface area contributed by atoms with Crippen LogP contribution in [0.1, 0.15) is 12.0 Å². The van der Waals surface area contributed by atoms with Crippen LogP contribution in [0.5, 0.6) is 11.5 Å². The highest BCUT2D eigenvalue weighted by Gasteiger charge is 2.38. The average molecular weight is 486 g/mol. The van der Waals surface area contributed by atoms with Crippen molar-refractivity contribution in [3.63, 3.8) is 0 Å². The Morgan fingerprint density at radius 2 is 1.91 bits per heavy atom. The summed E-state index contributed by atoms with van der Waals surface area (Å²) in [6.45, 7) is 1.90. The van der Waals surface area contributed by atoms with Gasteiger partial charge in [-0.25, -0.2) is 13.4 Å². The molecule has 10 heteroatoms. The van der Waals surface area contributed by atoms with Crippen LogP contribution in [0, 0.1) is 11.7 Å². The Morgan fingerprint density at radius 1 is 1.09 bits per heavy atom. The van der Waals surface area contributed by atoms with E-state index in [9.17, 15) is 13.2 Å². The lowest BCUT2D eigenvalue weighted by Crippen LogP contribution is -2.30. The highest BCUT2D eigenvalue weighted by atomic mass is 32.2. The number of benzene rings is 3. The Kier molecular flexibility index (Phi) is 6.01. The Bertz CT molecular complexity index is 1330. The molecule has 0 unspecified atom stereocenters. The zero-order valence-corrected chi connectivity index (χ0v) is 19.1. The van der Waals surface area contributed by atoms with Crippen LogP contribution < -0.4 is 23.8 Å². The fraction of sp³-hybridized carbons (Fsp3) is 0.292. The molecule has 0 spiro atoms. The van der Waals surface area contributed by atoms with Gasteiger partial charge in [-0.1, -0.05) is 36.4 Å². The molecule has 0 saturated carbocycles. The summed E-state index contributed by atoms with van der Waals surface area (Å²) in [5.41, 5.74) is 0.525. The summed E-state index contributed by atoms with van der Waals surface area (Å²) < 4.78 is 55.3. The van der Waals surface area contributed by atoms with Crippen molar-refractivity contribution in [1.29, 1.82) is 0 Å². The van der Waals surface area contributed by atoms with E-state index < -0.39 is 28.5 Å². The van der Waals surface area contributed by atoms with Gasteiger partial charge in [0.2, 0.25) is 0 Å². The first-order chi connectivity index (χ1) is 16.4. The van der Waals surface area contributed by atoms with Crippen LogP contribution in [0.2, 0.25) is 0 Å². The molecule has 0 bridgehead atoms. The largest absolute Gasteiger partial charge is 0.493 e. The van der Waals surface area contributed by atoms with Gasteiger partial charge in [-0.3, -0.25) is 4.79 Å². The molecule has 1 atom stereocenters. The number of nitrogens with zero attached hydrogens (tertiary/aromatic N) is 1.